The van der Waals surface area contributed by atoms with Crippen LogP contribution in [-0.2, 0) is 0 Å². The summed E-state index contributed by atoms with van der Waals surface area (Å²) in [5, 5.41) is 3.02. The van der Waals surface area contributed by atoms with Gasteiger partial charge in [-0.1, -0.05) is 0 Å². The topological polar surface area (TPSA) is 32.3 Å². The molecule has 0 aliphatic heterocycles. The molecule has 0 saturated carbocycles. The van der Waals surface area contributed by atoms with Crippen LogP contribution in [0.4, 0.5) is 0 Å². The Balaban J connectivity index is 2.71. The number of rotatable bonds is 4. The maximum atomic E-state index is 12.0. The standard InChI is InChI=1S/C10H15BrN2OS/c1-7-6-8(9(11)15-7)10(14)13(3)5-4-12-2/h6,12H,4-5H2,1-3H3. The molecule has 1 N–H and O–H groups in total. The van der Waals surface area contributed by atoms with Crippen molar-refractivity contribution in [3.05, 3.63) is 20.3 Å². The third-order valence-electron chi connectivity index (χ3n) is 2.08. The molecule has 0 aromatic carbocycles. The third kappa shape index (κ3) is 3.29. The van der Waals surface area contributed by atoms with Crippen LogP contribution in [0.1, 0.15) is 15.2 Å². The minimum atomic E-state index is 0.0708. The molecule has 0 fully saturated rings. The van der Waals surface area contributed by atoms with Gasteiger partial charge in [-0.25, -0.2) is 0 Å². The molecule has 1 aromatic heterocycles. The summed E-state index contributed by atoms with van der Waals surface area (Å²) in [6.45, 7) is 3.53. The van der Waals surface area contributed by atoms with E-state index >= 15 is 0 Å². The molecule has 0 saturated heterocycles. The van der Waals surface area contributed by atoms with Crippen molar-refractivity contribution in [3.63, 3.8) is 0 Å². The Labute approximate surface area is 103 Å². The first kappa shape index (κ1) is 12.7. The van der Waals surface area contributed by atoms with Crippen LogP contribution in [0, 0.1) is 6.92 Å². The molecule has 84 valence electrons. The van der Waals surface area contributed by atoms with E-state index < -0.39 is 0 Å². The number of thiophene rings is 1. The molecule has 0 radical (unpaired) electrons. The van der Waals surface area contributed by atoms with Crippen molar-refractivity contribution in [2.24, 2.45) is 0 Å². The monoisotopic (exact) mass is 290 g/mol. The lowest BCUT2D eigenvalue weighted by Gasteiger charge is -2.16. The second-order valence-corrected chi connectivity index (χ2v) is 5.95. The Morgan fingerprint density at radius 2 is 2.33 bits per heavy atom. The van der Waals surface area contributed by atoms with E-state index in [-0.39, 0.29) is 5.91 Å². The number of carbonyl (C=O) groups excluding carboxylic acids is 1. The first-order chi connectivity index (χ1) is 7.06. The van der Waals surface area contributed by atoms with Gasteiger partial charge in [0.1, 0.15) is 0 Å². The van der Waals surface area contributed by atoms with Gasteiger partial charge in [-0.2, -0.15) is 0 Å². The number of halogens is 1. The fourth-order valence-electron chi connectivity index (χ4n) is 1.22. The van der Waals surface area contributed by atoms with Crippen LogP contribution >= 0.6 is 27.3 Å². The molecule has 1 rings (SSSR count). The van der Waals surface area contributed by atoms with E-state index in [9.17, 15) is 4.79 Å². The van der Waals surface area contributed by atoms with Gasteiger partial charge in [-0.3, -0.25) is 4.79 Å². The molecular formula is C10H15BrN2OS. The summed E-state index contributed by atoms with van der Waals surface area (Å²) in [5.74, 6) is 0.0708. The van der Waals surface area contributed by atoms with E-state index in [2.05, 4.69) is 21.2 Å². The zero-order valence-electron chi connectivity index (χ0n) is 9.13. The second-order valence-electron chi connectivity index (χ2n) is 3.37. The summed E-state index contributed by atoms with van der Waals surface area (Å²) in [7, 11) is 3.70. The number of aryl methyl sites for hydroxylation is 1. The van der Waals surface area contributed by atoms with Gasteiger partial charge in [-0.15, -0.1) is 11.3 Å². The number of hydrogen-bond donors (Lipinski definition) is 1. The molecule has 5 heteroatoms. The lowest BCUT2D eigenvalue weighted by molar-refractivity contribution is 0.0796. The van der Waals surface area contributed by atoms with Crippen LogP contribution in [0.2, 0.25) is 0 Å². The number of hydrogen-bond acceptors (Lipinski definition) is 3. The number of carbonyl (C=O) groups is 1. The van der Waals surface area contributed by atoms with Crippen LogP contribution in [-0.4, -0.2) is 38.0 Å². The molecule has 0 unspecified atom stereocenters. The van der Waals surface area contributed by atoms with Crippen LogP contribution in [0.5, 0.6) is 0 Å². The van der Waals surface area contributed by atoms with Crippen LogP contribution in [0.15, 0.2) is 9.85 Å². The van der Waals surface area contributed by atoms with Crippen molar-refractivity contribution in [3.8, 4) is 0 Å². The lowest BCUT2D eigenvalue weighted by atomic mass is 10.3. The van der Waals surface area contributed by atoms with Crippen LogP contribution in [0.25, 0.3) is 0 Å². The van der Waals surface area contributed by atoms with Crippen molar-refractivity contribution >= 4 is 33.2 Å². The molecule has 1 heterocycles. The van der Waals surface area contributed by atoms with Crippen molar-refractivity contribution in [2.45, 2.75) is 6.92 Å². The van der Waals surface area contributed by atoms with Gasteiger partial charge in [0.25, 0.3) is 5.91 Å². The minimum absolute atomic E-state index is 0.0708. The van der Waals surface area contributed by atoms with E-state index in [4.69, 9.17) is 0 Å². The summed E-state index contributed by atoms with van der Waals surface area (Å²) >= 11 is 5.00. The van der Waals surface area contributed by atoms with Crippen molar-refractivity contribution in [1.82, 2.24) is 10.2 Å². The summed E-state index contributed by atoms with van der Waals surface area (Å²) in [6, 6.07) is 1.92. The van der Waals surface area contributed by atoms with Crippen molar-refractivity contribution in [1.29, 1.82) is 0 Å². The van der Waals surface area contributed by atoms with E-state index in [1.54, 1.807) is 16.2 Å². The highest BCUT2D eigenvalue weighted by atomic mass is 79.9. The fourth-order valence-corrected chi connectivity index (χ4v) is 2.98. The zero-order chi connectivity index (χ0) is 11.4. The van der Waals surface area contributed by atoms with Gasteiger partial charge in [0.05, 0.1) is 9.35 Å². The number of nitrogens with one attached hydrogen (secondary N) is 1. The summed E-state index contributed by atoms with van der Waals surface area (Å²) < 4.78 is 0.918. The van der Waals surface area contributed by atoms with E-state index in [1.807, 2.05) is 27.1 Å². The highest BCUT2D eigenvalue weighted by Crippen LogP contribution is 2.28. The molecule has 0 bridgehead atoms. The lowest BCUT2D eigenvalue weighted by Crippen LogP contribution is -2.32. The summed E-state index contributed by atoms with van der Waals surface area (Å²) in [6.07, 6.45) is 0. The molecule has 1 amide bonds. The Morgan fingerprint density at radius 3 is 2.80 bits per heavy atom. The van der Waals surface area contributed by atoms with Gasteiger partial charge in [0.2, 0.25) is 0 Å². The summed E-state index contributed by atoms with van der Waals surface area (Å²) in [5.41, 5.74) is 0.760. The van der Waals surface area contributed by atoms with Gasteiger partial charge < -0.3 is 10.2 Å². The van der Waals surface area contributed by atoms with Gasteiger partial charge >= 0.3 is 0 Å². The fraction of sp³-hybridized carbons (Fsp3) is 0.500. The predicted octanol–water partition coefficient (Wildman–Crippen LogP) is 2.11. The van der Waals surface area contributed by atoms with Gasteiger partial charge in [0.15, 0.2) is 0 Å². The smallest absolute Gasteiger partial charge is 0.255 e. The second kappa shape index (κ2) is 5.63. The maximum Gasteiger partial charge on any atom is 0.255 e. The van der Waals surface area contributed by atoms with Crippen molar-refractivity contribution in [2.75, 3.05) is 27.2 Å². The Morgan fingerprint density at radius 1 is 1.67 bits per heavy atom. The quantitative estimate of drug-likeness (QED) is 0.921. The number of likely N-dealkylation sites (N-methyl/N-ethyl adjacent to an activating group) is 2. The van der Waals surface area contributed by atoms with E-state index in [0.29, 0.717) is 0 Å². The Hall–Kier alpha value is -0.390. The SMILES string of the molecule is CNCCN(C)C(=O)c1cc(C)sc1Br. The molecule has 3 nitrogen and oxygen atoms in total. The Bertz CT molecular complexity index is 351. The predicted molar refractivity (Wildman–Crippen MR) is 67.6 cm³/mol. The molecule has 0 aliphatic rings. The molecule has 15 heavy (non-hydrogen) atoms. The average Bonchev–Trinajstić information content (AvgIpc) is 2.53. The van der Waals surface area contributed by atoms with Crippen LogP contribution < -0.4 is 5.32 Å². The summed E-state index contributed by atoms with van der Waals surface area (Å²) in [4.78, 5) is 14.8. The van der Waals surface area contributed by atoms with E-state index in [0.717, 1.165) is 27.3 Å². The van der Waals surface area contributed by atoms with Gasteiger partial charge in [-0.05, 0) is 36.0 Å². The molecule has 1 aromatic rings. The van der Waals surface area contributed by atoms with E-state index in [1.165, 1.54) is 0 Å². The first-order valence-electron chi connectivity index (χ1n) is 4.72. The average molecular weight is 291 g/mol. The highest BCUT2D eigenvalue weighted by Gasteiger charge is 2.16. The van der Waals surface area contributed by atoms with Crippen molar-refractivity contribution < 1.29 is 4.79 Å². The molecule has 0 spiro atoms. The Kier molecular flexibility index (Phi) is 4.76. The number of nitrogens with zero attached hydrogens (tertiary/aromatic N) is 1. The largest absolute Gasteiger partial charge is 0.340 e. The van der Waals surface area contributed by atoms with Crippen LogP contribution in [0.3, 0.4) is 0 Å². The number of amides is 1. The normalized spacial score (nSPS) is 10.4. The molecular weight excluding hydrogens is 276 g/mol. The minimum Gasteiger partial charge on any atom is -0.340 e. The third-order valence-corrected chi connectivity index (χ3v) is 3.84. The molecule has 0 aliphatic carbocycles. The molecule has 0 atom stereocenters. The highest BCUT2D eigenvalue weighted by molar-refractivity contribution is 9.11. The van der Waals surface area contributed by atoms with Gasteiger partial charge in [0, 0.05) is 25.0 Å². The first-order valence-corrected chi connectivity index (χ1v) is 6.33. The maximum absolute atomic E-state index is 12.0. The zero-order valence-corrected chi connectivity index (χ0v) is 11.5.